The van der Waals surface area contributed by atoms with Crippen molar-refractivity contribution in [2.24, 2.45) is 0 Å². The molecule has 32 heavy (non-hydrogen) atoms. The first kappa shape index (κ1) is 21.0. The molecule has 4 heterocycles. The number of aromatic nitrogens is 3. The van der Waals surface area contributed by atoms with Crippen molar-refractivity contribution in [1.82, 2.24) is 19.3 Å². The van der Waals surface area contributed by atoms with Gasteiger partial charge in [-0.1, -0.05) is 30.3 Å². The molecule has 0 aliphatic carbocycles. The van der Waals surface area contributed by atoms with Gasteiger partial charge in [-0.15, -0.1) is 11.3 Å². The van der Waals surface area contributed by atoms with E-state index in [2.05, 4.69) is 28.5 Å². The highest BCUT2D eigenvalue weighted by molar-refractivity contribution is 7.88. The molecule has 1 fully saturated rings. The van der Waals surface area contributed by atoms with Crippen molar-refractivity contribution in [3.05, 3.63) is 60.9 Å². The minimum absolute atomic E-state index is 0.0154. The summed E-state index contributed by atoms with van der Waals surface area (Å²) in [6, 6.07) is 16.1. The summed E-state index contributed by atoms with van der Waals surface area (Å²) in [6.45, 7) is 0.996. The van der Waals surface area contributed by atoms with E-state index in [0.717, 1.165) is 44.9 Å². The van der Waals surface area contributed by atoms with Crippen molar-refractivity contribution < 1.29 is 8.42 Å². The molecule has 9 heteroatoms. The van der Waals surface area contributed by atoms with E-state index in [1.54, 1.807) is 23.7 Å². The van der Waals surface area contributed by atoms with Crippen molar-refractivity contribution in [3.63, 3.8) is 0 Å². The fraction of sp³-hybridized carbons (Fsp3) is 0.261. The van der Waals surface area contributed by atoms with Crippen LogP contribution in [0, 0.1) is 0 Å². The molecule has 0 spiro atoms. The van der Waals surface area contributed by atoms with Gasteiger partial charge in [-0.3, -0.25) is 4.98 Å². The predicted molar refractivity (Wildman–Crippen MR) is 129 cm³/mol. The lowest BCUT2D eigenvalue weighted by molar-refractivity contribution is 0.329. The Kier molecular flexibility index (Phi) is 5.62. The molecule has 0 amide bonds. The minimum Gasteiger partial charge on any atom is -0.365 e. The molecule has 1 N–H and O–H groups in total. The number of sulfonamides is 1. The van der Waals surface area contributed by atoms with Gasteiger partial charge in [0.05, 0.1) is 11.6 Å². The number of pyridine rings is 1. The van der Waals surface area contributed by atoms with Crippen LogP contribution in [0.25, 0.3) is 32.0 Å². The molecule has 0 saturated carbocycles. The van der Waals surface area contributed by atoms with Crippen molar-refractivity contribution in [3.8, 4) is 21.8 Å². The van der Waals surface area contributed by atoms with Crippen molar-refractivity contribution in [1.29, 1.82) is 0 Å². The van der Waals surface area contributed by atoms with E-state index < -0.39 is 10.0 Å². The predicted octanol–water partition coefficient (Wildman–Crippen LogP) is 4.26. The van der Waals surface area contributed by atoms with Crippen LogP contribution >= 0.6 is 11.3 Å². The van der Waals surface area contributed by atoms with E-state index in [-0.39, 0.29) is 6.04 Å². The number of anilines is 1. The molecular weight excluding hydrogens is 442 g/mol. The third-order valence-corrected chi connectivity index (χ3v) is 7.91. The van der Waals surface area contributed by atoms with Gasteiger partial charge in [0.15, 0.2) is 5.82 Å². The van der Waals surface area contributed by atoms with E-state index in [1.165, 1.54) is 10.6 Å². The molecular formula is C23H23N5O2S2. The molecule has 5 rings (SSSR count). The van der Waals surface area contributed by atoms with Gasteiger partial charge in [0, 0.05) is 42.0 Å². The smallest absolute Gasteiger partial charge is 0.211 e. The molecule has 164 valence electrons. The van der Waals surface area contributed by atoms with E-state index >= 15 is 0 Å². The van der Waals surface area contributed by atoms with Crippen LogP contribution in [0.1, 0.15) is 12.8 Å². The van der Waals surface area contributed by atoms with Crippen LogP contribution in [0.15, 0.2) is 60.9 Å². The van der Waals surface area contributed by atoms with Crippen molar-refractivity contribution in [2.45, 2.75) is 18.9 Å². The van der Waals surface area contributed by atoms with Crippen molar-refractivity contribution in [2.75, 3.05) is 24.7 Å². The van der Waals surface area contributed by atoms with Gasteiger partial charge in [-0.25, -0.2) is 22.7 Å². The summed E-state index contributed by atoms with van der Waals surface area (Å²) in [5, 5.41) is 4.47. The average Bonchev–Trinajstić information content (AvgIpc) is 3.25. The highest BCUT2D eigenvalue weighted by Gasteiger charge is 2.27. The Bertz CT molecular complexity index is 1340. The summed E-state index contributed by atoms with van der Waals surface area (Å²) in [5.74, 6) is 1.33. The van der Waals surface area contributed by atoms with Gasteiger partial charge < -0.3 is 5.32 Å². The number of hydrogen-bond donors (Lipinski definition) is 1. The fourth-order valence-corrected chi connectivity index (χ4v) is 5.90. The number of nitrogens with zero attached hydrogens (tertiary/aromatic N) is 4. The Morgan fingerprint density at radius 2 is 1.91 bits per heavy atom. The Morgan fingerprint density at radius 1 is 1.09 bits per heavy atom. The number of nitrogens with one attached hydrogen (secondary N) is 1. The molecule has 1 unspecified atom stereocenters. The Balaban J connectivity index is 1.57. The van der Waals surface area contributed by atoms with E-state index in [9.17, 15) is 8.42 Å². The summed E-state index contributed by atoms with van der Waals surface area (Å²) in [4.78, 5) is 15.9. The summed E-state index contributed by atoms with van der Waals surface area (Å²) in [7, 11) is -3.22. The lowest BCUT2D eigenvalue weighted by Gasteiger charge is -2.31. The second-order valence-corrected chi connectivity index (χ2v) is 11.0. The third-order valence-electron chi connectivity index (χ3n) is 5.56. The van der Waals surface area contributed by atoms with Gasteiger partial charge >= 0.3 is 0 Å². The molecule has 3 aromatic heterocycles. The summed E-state index contributed by atoms with van der Waals surface area (Å²) in [6.07, 6.45) is 6.44. The molecule has 1 aliphatic heterocycles. The first-order valence-corrected chi connectivity index (χ1v) is 13.1. The molecule has 1 saturated heterocycles. The molecule has 7 nitrogen and oxygen atoms in total. The normalized spacial score (nSPS) is 17.5. The van der Waals surface area contributed by atoms with Crippen LogP contribution in [0.3, 0.4) is 0 Å². The van der Waals surface area contributed by atoms with E-state index in [4.69, 9.17) is 9.97 Å². The number of hydrogen-bond acceptors (Lipinski definition) is 7. The Labute approximate surface area is 191 Å². The standard InChI is InChI=1S/C23H23N5O2S2/c1-32(29,30)28-12-6-10-18(15-28)25-22-19-13-20(16-7-3-2-4-8-16)31-23(19)27-21(26-22)17-9-5-11-24-14-17/h2-5,7-9,11,13-14,18H,6,10,12,15H2,1H3,(H,25,26,27). The van der Waals surface area contributed by atoms with Gasteiger partial charge in [0.2, 0.25) is 10.0 Å². The highest BCUT2D eigenvalue weighted by atomic mass is 32.2. The number of rotatable bonds is 5. The first-order chi connectivity index (χ1) is 15.5. The molecule has 0 radical (unpaired) electrons. The fourth-order valence-electron chi connectivity index (χ4n) is 3.96. The summed E-state index contributed by atoms with van der Waals surface area (Å²) < 4.78 is 25.7. The monoisotopic (exact) mass is 465 g/mol. The maximum atomic E-state index is 12.1. The van der Waals surface area contributed by atoms with Gasteiger partial charge in [0.25, 0.3) is 0 Å². The Morgan fingerprint density at radius 3 is 2.66 bits per heavy atom. The van der Waals surface area contributed by atoms with E-state index in [0.29, 0.717) is 18.9 Å². The quantitative estimate of drug-likeness (QED) is 0.474. The SMILES string of the molecule is CS(=O)(=O)N1CCCC(Nc2nc(-c3cccnc3)nc3sc(-c4ccccc4)cc23)C1. The number of benzene rings is 1. The van der Waals surface area contributed by atoms with Crippen LogP contribution in [0.2, 0.25) is 0 Å². The van der Waals surface area contributed by atoms with E-state index in [1.807, 2.05) is 30.3 Å². The summed E-state index contributed by atoms with van der Waals surface area (Å²) >= 11 is 1.62. The molecule has 1 atom stereocenters. The first-order valence-electron chi connectivity index (χ1n) is 10.5. The van der Waals surface area contributed by atoms with Crippen LogP contribution in [0.4, 0.5) is 5.82 Å². The lowest BCUT2D eigenvalue weighted by atomic mass is 10.1. The molecule has 0 bridgehead atoms. The number of fused-ring (bicyclic) bond motifs is 1. The zero-order valence-corrected chi connectivity index (χ0v) is 19.2. The van der Waals surface area contributed by atoms with Crippen LogP contribution in [-0.2, 0) is 10.0 Å². The molecule has 4 aromatic rings. The second-order valence-electron chi connectivity index (χ2n) is 7.94. The number of thiophene rings is 1. The highest BCUT2D eigenvalue weighted by Crippen LogP contribution is 2.37. The lowest BCUT2D eigenvalue weighted by Crippen LogP contribution is -2.44. The second kappa shape index (κ2) is 8.57. The van der Waals surface area contributed by atoms with Crippen LogP contribution < -0.4 is 5.32 Å². The number of piperidine rings is 1. The topological polar surface area (TPSA) is 88.1 Å². The molecule has 1 aliphatic rings. The van der Waals surface area contributed by atoms with Gasteiger partial charge in [0.1, 0.15) is 10.6 Å². The molecule has 1 aromatic carbocycles. The van der Waals surface area contributed by atoms with Gasteiger partial charge in [-0.2, -0.15) is 0 Å². The van der Waals surface area contributed by atoms with Crippen LogP contribution in [0.5, 0.6) is 0 Å². The third kappa shape index (κ3) is 4.36. The maximum Gasteiger partial charge on any atom is 0.211 e. The largest absolute Gasteiger partial charge is 0.365 e. The zero-order chi connectivity index (χ0) is 22.1. The maximum absolute atomic E-state index is 12.1. The van der Waals surface area contributed by atoms with Crippen LogP contribution in [-0.4, -0.2) is 53.1 Å². The van der Waals surface area contributed by atoms with Crippen molar-refractivity contribution >= 4 is 37.4 Å². The average molecular weight is 466 g/mol. The Hall–Kier alpha value is -2.88. The van der Waals surface area contributed by atoms with Gasteiger partial charge in [-0.05, 0) is 36.6 Å². The minimum atomic E-state index is -3.22. The summed E-state index contributed by atoms with van der Waals surface area (Å²) in [5.41, 5.74) is 1.97. The zero-order valence-electron chi connectivity index (χ0n) is 17.6.